The third-order valence-corrected chi connectivity index (χ3v) is 4.32. The number of rotatable bonds is 15. The van der Waals surface area contributed by atoms with Crippen molar-refractivity contribution in [2.24, 2.45) is 11.8 Å². The van der Waals surface area contributed by atoms with Crippen molar-refractivity contribution in [2.45, 2.75) is 90.9 Å². The molecule has 0 aromatic carbocycles. The monoisotopic (exact) mass is 314 g/mol. The second kappa shape index (κ2) is 13.6. The molecule has 0 rings (SSSR count). The lowest BCUT2D eigenvalue weighted by molar-refractivity contribution is -0.143. The molecule has 2 N–H and O–H groups in total. The van der Waals surface area contributed by atoms with Gasteiger partial charge in [0.1, 0.15) is 0 Å². The first-order chi connectivity index (χ1) is 10.5. The first kappa shape index (κ1) is 20.9. The van der Waals surface area contributed by atoms with E-state index in [1.165, 1.54) is 19.3 Å². The van der Waals surface area contributed by atoms with E-state index in [1.54, 1.807) is 0 Å². The van der Waals surface area contributed by atoms with Crippen molar-refractivity contribution >= 4 is 11.9 Å². The van der Waals surface area contributed by atoms with Crippen molar-refractivity contribution < 1.29 is 19.8 Å². The summed E-state index contributed by atoms with van der Waals surface area (Å²) in [6.07, 6.45) is 10.9. The maximum atomic E-state index is 11.4. The molecular weight excluding hydrogens is 280 g/mol. The van der Waals surface area contributed by atoms with Crippen LogP contribution < -0.4 is 0 Å². The summed E-state index contributed by atoms with van der Waals surface area (Å²) >= 11 is 0. The van der Waals surface area contributed by atoms with Crippen LogP contribution in [0.5, 0.6) is 0 Å². The van der Waals surface area contributed by atoms with Gasteiger partial charge in [0.2, 0.25) is 0 Å². The molecule has 0 aliphatic heterocycles. The highest BCUT2D eigenvalue weighted by Crippen LogP contribution is 2.27. The fourth-order valence-electron chi connectivity index (χ4n) is 3.06. The summed E-state index contributed by atoms with van der Waals surface area (Å²) in [7, 11) is 0. The van der Waals surface area contributed by atoms with Gasteiger partial charge in [-0.05, 0) is 25.2 Å². The summed E-state index contributed by atoms with van der Waals surface area (Å²) < 4.78 is 0. The zero-order valence-corrected chi connectivity index (χ0v) is 14.4. The van der Waals surface area contributed by atoms with Gasteiger partial charge in [0.25, 0.3) is 0 Å². The van der Waals surface area contributed by atoms with Crippen molar-refractivity contribution in [1.82, 2.24) is 0 Å². The van der Waals surface area contributed by atoms with Crippen LogP contribution >= 0.6 is 0 Å². The molecule has 0 amide bonds. The normalized spacial score (nSPS) is 13.7. The standard InChI is InChI=1S/C18H34O4/c1-3-5-7-11-15(10-4-2)14-16(18(21)22)12-8-6-9-13-17(19)20/h15-16H,3-14H2,1-2H3,(H,19,20)(H,21,22). The number of hydrogen-bond donors (Lipinski definition) is 2. The summed E-state index contributed by atoms with van der Waals surface area (Å²) in [4.78, 5) is 21.9. The van der Waals surface area contributed by atoms with Crippen LogP contribution in [0.3, 0.4) is 0 Å². The smallest absolute Gasteiger partial charge is 0.306 e. The molecular formula is C18H34O4. The Bertz CT molecular complexity index is 301. The van der Waals surface area contributed by atoms with Crippen molar-refractivity contribution in [3.8, 4) is 0 Å². The topological polar surface area (TPSA) is 74.6 Å². The van der Waals surface area contributed by atoms with Gasteiger partial charge in [0, 0.05) is 6.42 Å². The van der Waals surface area contributed by atoms with Crippen LogP contribution in [0.25, 0.3) is 0 Å². The first-order valence-corrected chi connectivity index (χ1v) is 8.95. The van der Waals surface area contributed by atoms with E-state index in [-0.39, 0.29) is 12.3 Å². The van der Waals surface area contributed by atoms with Crippen molar-refractivity contribution in [2.75, 3.05) is 0 Å². The lowest BCUT2D eigenvalue weighted by atomic mass is 9.85. The predicted molar refractivity (Wildman–Crippen MR) is 89.0 cm³/mol. The third kappa shape index (κ3) is 11.6. The van der Waals surface area contributed by atoms with Gasteiger partial charge in [-0.15, -0.1) is 0 Å². The molecule has 0 bridgehead atoms. The fraction of sp³-hybridized carbons (Fsp3) is 0.889. The van der Waals surface area contributed by atoms with Crippen molar-refractivity contribution in [1.29, 1.82) is 0 Å². The van der Waals surface area contributed by atoms with Crippen LogP contribution in [-0.2, 0) is 9.59 Å². The van der Waals surface area contributed by atoms with Crippen LogP contribution in [0.15, 0.2) is 0 Å². The number of unbranched alkanes of at least 4 members (excludes halogenated alkanes) is 4. The maximum absolute atomic E-state index is 11.4. The van der Waals surface area contributed by atoms with E-state index in [0.717, 1.165) is 38.5 Å². The van der Waals surface area contributed by atoms with Crippen LogP contribution in [0.2, 0.25) is 0 Å². The molecule has 0 saturated carbocycles. The van der Waals surface area contributed by atoms with Crippen LogP contribution in [-0.4, -0.2) is 22.2 Å². The summed E-state index contributed by atoms with van der Waals surface area (Å²) in [6, 6.07) is 0. The Morgan fingerprint density at radius 1 is 0.818 bits per heavy atom. The van der Waals surface area contributed by atoms with Gasteiger partial charge in [0.05, 0.1) is 5.92 Å². The Kier molecular flexibility index (Phi) is 12.9. The Hall–Kier alpha value is -1.06. The lowest BCUT2D eigenvalue weighted by Crippen LogP contribution is -2.18. The highest BCUT2D eigenvalue weighted by atomic mass is 16.4. The lowest BCUT2D eigenvalue weighted by Gasteiger charge is -2.21. The number of carboxylic acids is 2. The average molecular weight is 314 g/mol. The molecule has 4 nitrogen and oxygen atoms in total. The van der Waals surface area contributed by atoms with E-state index in [1.807, 2.05) is 0 Å². The van der Waals surface area contributed by atoms with E-state index in [2.05, 4.69) is 13.8 Å². The molecule has 0 radical (unpaired) electrons. The minimum atomic E-state index is -0.770. The fourth-order valence-corrected chi connectivity index (χ4v) is 3.06. The minimum Gasteiger partial charge on any atom is -0.481 e. The quantitative estimate of drug-likeness (QED) is 0.412. The first-order valence-electron chi connectivity index (χ1n) is 8.95. The molecule has 0 aliphatic carbocycles. The number of carbonyl (C=O) groups is 2. The Balaban J connectivity index is 4.15. The van der Waals surface area contributed by atoms with Crippen molar-refractivity contribution in [3.05, 3.63) is 0 Å². The van der Waals surface area contributed by atoms with E-state index >= 15 is 0 Å². The summed E-state index contributed by atoms with van der Waals surface area (Å²) in [5, 5.41) is 18.0. The molecule has 22 heavy (non-hydrogen) atoms. The average Bonchev–Trinajstić information content (AvgIpc) is 2.45. The van der Waals surface area contributed by atoms with Gasteiger partial charge >= 0.3 is 11.9 Å². The molecule has 130 valence electrons. The van der Waals surface area contributed by atoms with E-state index < -0.39 is 11.9 Å². The van der Waals surface area contributed by atoms with Gasteiger partial charge in [-0.3, -0.25) is 9.59 Å². The zero-order valence-electron chi connectivity index (χ0n) is 14.4. The molecule has 0 spiro atoms. The number of carboxylic acid groups (broad SMARTS) is 2. The van der Waals surface area contributed by atoms with Gasteiger partial charge in [-0.1, -0.05) is 65.2 Å². The van der Waals surface area contributed by atoms with Crippen LogP contribution in [0.1, 0.15) is 90.9 Å². The van der Waals surface area contributed by atoms with Gasteiger partial charge in [-0.2, -0.15) is 0 Å². The molecule has 0 heterocycles. The zero-order chi connectivity index (χ0) is 16.8. The molecule has 0 aliphatic rings. The van der Waals surface area contributed by atoms with E-state index in [9.17, 15) is 14.7 Å². The highest BCUT2D eigenvalue weighted by Gasteiger charge is 2.21. The maximum Gasteiger partial charge on any atom is 0.306 e. The van der Waals surface area contributed by atoms with E-state index in [0.29, 0.717) is 18.8 Å². The van der Waals surface area contributed by atoms with E-state index in [4.69, 9.17) is 5.11 Å². The number of hydrogen-bond acceptors (Lipinski definition) is 2. The second-order valence-electron chi connectivity index (χ2n) is 6.41. The molecule has 2 unspecified atom stereocenters. The van der Waals surface area contributed by atoms with Crippen molar-refractivity contribution in [3.63, 3.8) is 0 Å². The molecule has 4 heteroatoms. The largest absolute Gasteiger partial charge is 0.481 e. The van der Waals surface area contributed by atoms with Crippen LogP contribution in [0.4, 0.5) is 0 Å². The molecule has 0 aromatic heterocycles. The molecule has 0 saturated heterocycles. The predicted octanol–water partition coefficient (Wildman–Crippen LogP) is 5.11. The second-order valence-corrected chi connectivity index (χ2v) is 6.41. The summed E-state index contributed by atoms with van der Waals surface area (Å²) in [5.41, 5.74) is 0. The Labute approximate surface area is 135 Å². The molecule has 2 atom stereocenters. The Morgan fingerprint density at radius 2 is 1.50 bits per heavy atom. The van der Waals surface area contributed by atoms with Gasteiger partial charge in [-0.25, -0.2) is 0 Å². The molecule has 0 aromatic rings. The summed E-state index contributed by atoms with van der Waals surface area (Å²) in [6.45, 7) is 4.35. The molecule has 0 fully saturated rings. The minimum absolute atomic E-state index is 0.188. The summed E-state index contributed by atoms with van der Waals surface area (Å²) in [5.74, 6) is -1.19. The third-order valence-electron chi connectivity index (χ3n) is 4.32. The Morgan fingerprint density at radius 3 is 2.05 bits per heavy atom. The van der Waals surface area contributed by atoms with Gasteiger partial charge in [0.15, 0.2) is 0 Å². The number of aliphatic carboxylic acids is 2. The van der Waals surface area contributed by atoms with Gasteiger partial charge < -0.3 is 10.2 Å². The SMILES string of the molecule is CCCCCC(CCC)CC(CCCCCC(=O)O)C(=O)O. The highest BCUT2D eigenvalue weighted by molar-refractivity contribution is 5.69. The van der Waals surface area contributed by atoms with Crippen LogP contribution in [0, 0.1) is 11.8 Å².